The number of Topliss-reactive ketones (excluding diaryl/α,β-unsaturated/α-hetero) is 1. The van der Waals surface area contributed by atoms with E-state index in [9.17, 15) is 31.5 Å². The van der Waals surface area contributed by atoms with Gasteiger partial charge in [0.25, 0.3) is 6.43 Å². The quantitative estimate of drug-likeness (QED) is 0.591. The Morgan fingerprint density at radius 2 is 1.92 bits per heavy atom. The summed E-state index contributed by atoms with van der Waals surface area (Å²) in [6.45, 7) is 1.50. The molecular weight excluding hydrogens is 349 g/mol. The van der Waals surface area contributed by atoms with Crippen molar-refractivity contribution in [3.8, 4) is 5.75 Å². The number of benzene rings is 1. The third-order valence-corrected chi connectivity index (χ3v) is 4.05. The minimum Gasteiger partial charge on any atom is -0.406 e. The molecule has 0 radical (unpaired) electrons. The first kappa shape index (κ1) is 19.1. The van der Waals surface area contributed by atoms with Gasteiger partial charge < -0.3 is 10.1 Å². The molecule has 1 atom stereocenters. The molecule has 1 N–H and O–H groups in total. The Labute approximate surface area is 140 Å². The molecule has 1 aromatic rings. The minimum atomic E-state index is -4.84. The maximum atomic E-state index is 12.8. The van der Waals surface area contributed by atoms with E-state index in [0.717, 1.165) is 12.1 Å². The highest BCUT2D eigenvalue weighted by Crippen LogP contribution is 2.52. The molecule has 1 amide bonds. The molecular formula is C16H16F5NO3. The van der Waals surface area contributed by atoms with Crippen LogP contribution in [-0.2, 0) is 9.59 Å². The van der Waals surface area contributed by atoms with Crippen LogP contribution in [0.25, 0.3) is 0 Å². The fraction of sp³-hybridized carbons (Fsp3) is 0.500. The number of ketones is 1. The average molecular weight is 365 g/mol. The Bertz CT molecular complexity index is 655. The van der Waals surface area contributed by atoms with E-state index in [0.29, 0.717) is 5.56 Å². The van der Waals surface area contributed by atoms with Crippen LogP contribution in [0.1, 0.15) is 37.8 Å². The number of rotatable bonds is 7. The van der Waals surface area contributed by atoms with E-state index in [-0.39, 0.29) is 12.8 Å². The number of nitrogens with one attached hydrogen (secondary N) is 1. The molecule has 4 nitrogen and oxygen atoms in total. The van der Waals surface area contributed by atoms with Gasteiger partial charge in [-0.15, -0.1) is 13.2 Å². The van der Waals surface area contributed by atoms with Gasteiger partial charge in [-0.3, -0.25) is 9.59 Å². The number of alkyl halides is 5. The van der Waals surface area contributed by atoms with Crippen molar-refractivity contribution in [2.24, 2.45) is 5.41 Å². The summed E-state index contributed by atoms with van der Waals surface area (Å²) in [5.41, 5.74) is -1.39. The van der Waals surface area contributed by atoms with Crippen LogP contribution in [-0.4, -0.2) is 24.5 Å². The highest BCUT2D eigenvalue weighted by Gasteiger charge is 2.57. The predicted molar refractivity (Wildman–Crippen MR) is 77.0 cm³/mol. The second kappa shape index (κ2) is 6.97. The maximum absolute atomic E-state index is 12.8. The lowest BCUT2D eigenvalue weighted by Gasteiger charge is -2.17. The molecule has 1 aliphatic rings. The van der Waals surface area contributed by atoms with Crippen LogP contribution in [0.15, 0.2) is 24.3 Å². The molecule has 1 aliphatic carbocycles. The fourth-order valence-electron chi connectivity index (χ4n) is 2.43. The Kier molecular flexibility index (Phi) is 5.34. The fourth-order valence-corrected chi connectivity index (χ4v) is 2.43. The number of carbonyl (C=O) groups is 2. The van der Waals surface area contributed by atoms with Crippen LogP contribution in [0.3, 0.4) is 0 Å². The molecule has 2 rings (SSSR count). The van der Waals surface area contributed by atoms with E-state index in [4.69, 9.17) is 0 Å². The molecule has 0 saturated heterocycles. The van der Waals surface area contributed by atoms with Gasteiger partial charge in [-0.1, -0.05) is 12.1 Å². The van der Waals surface area contributed by atoms with Crippen LogP contribution < -0.4 is 10.1 Å². The van der Waals surface area contributed by atoms with Gasteiger partial charge in [0.15, 0.2) is 5.78 Å². The third kappa shape index (κ3) is 4.90. The van der Waals surface area contributed by atoms with Gasteiger partial charge in [-0.2, -0.15) is 0 Å². The van der Waals surface area contributed by atoms with Gasteiger partial charge in [0.05, 0.1) is 17.9 Å². The first-order valence-corrected chi connectivity index (χ1v) is 7.50. The number of hydrogen-bond acceptors (Lipinski definition) is 3. The summed E-state index contributed by atoms with van der Waals surface area (Å²) in [6.07, 6.45) is -8.22. The standard InChI is InChI=1S/C16H16F5NO3/c1-9(10-3-2-4-11(7-10)25-16(19,20)21)22-13(24)8-12(23)15(5-6-15)14(17)18/h2-4,7,9,14H,5-6,8H2,1H3,(H,22,24)/t9-/m0/s1. The molecule has 0 heterocycles. The lowest BCUT2D eigenvalue weighted by molar-refractivity contribution is -0.274. The van der Waals surface area contributed by atoms with E-state index >= 15 is 0 Å². The third-order valence-electron chi connectivity index (χ3n) is 4.05. The van der Waals surface area contributed by atoms with Gasteiger partial charge in [0.1, 0.15) is 5.75 Å². The maximum Gasteiger partial charge on any atom is 0.573 e. The normalized spacial score (nSPS) is 17.1. The van der Waals surface area contributed by atoms with Crippen molar-refractivity contribution in [2.45, 2.75) is 45.0 Å². The van der Waals surface area contributed by atoms with Crippen molar-refractivity contribution in [1.82, 2.24) is 5.32 Å². The second-order valence-electron chi connectivity index (χ2n) is 5.97. The Morgan fingerprint density at radius 1 is 1.28 bits per heavy atom. The first-order valence-electron chi connectivity index (χ1n) is 7.50. The number of carbonyl (C=O) groups excluding carboxylic acids is 2. The number of halogens is 5. The van der Waals surface area contributed by atoms with Crippen LogP contribution in [0.4, 0.5) is 22.0 Å². The molecule has 0 bridgehead atoms. The predicted octanol–water partition coefficient (Wildman–Crippen LogP) is 3.77. The van der Waals surface area contributed by atoms with Crippen molar-refractivity contribution >= 4 is 11.7 Å². The monoisotopic (exact) mass is 365 g/mol. The summed E-state index contributed by atoms with van der Waals surface area (Å²) < 4.78 is 66.1. The van der Waals surface area contributed by atoms with Crippen molar-refractivity contribution in [3.63, 3.8) is 0 Å². The lowest BCUT2D eigenvalue weighted by Crippen LogP contribution is -2.33. The van der Waals surface area contributed by atoms with Crippen LogP contribution in [0, 0.1) is 5.41 Å². The van der Waals surface area contributed by atoms with Gasteiger partial charge in [0.2, 0.25) is 5.91 Å². The Morgan fingerprint density at radius 3 is 2.44 bits per heavy atom. The van der Waals surface area contributed by atoms with E-state index in [1.54, 1.807) is 0 Å². The molecule has 9 heteroatoms. The Hall–Kier alpha value is -2.19. The molecule has 0 unspecified atom stereocenters. The molecule has 0 spiro atoms. The van der Waals surface area contributed by atoms with E-state index in [1.165, 1.54) is 19.1 Å². The van der Waals surface area contributed by atoms with Crippen molar-refractivity contribution in [2.75, 3.05) is 0 Å². The Balaban J connectivity index is 1.95. The highest BCUT2D eigenvalue weighted by molar-refractivity contribution is 6.02. The summed E-state index contributed by atoms with van der Waals surface area (Å²) in [5.74, 6) is -2.02. The van der Waals surface area contributed by atoms with Gasteiger partial charge >= 0.3 is 6.36 Å². The zero-order chi connectivity index (χ0) is 18.8. The van der Waals surface area contributed by atoms with E-state index in [1.807, 2.05) is 0 Å². The summed E-state index contributed by atoms with van der Waals surface area (Å²) in [7, 11) is 0. The molecule has 1 aromatic carbocycles. The SMILES string of the molecule is C[C@H](NC(=O)CC(=O)C1(C(F)F)CC1)c1cccc(OC(F)(F)F)c1. The zero-order valence-corrected chi connectivity index (χ0v) is 13.2. The van der Waals surface area contributed by atoms with E-state index in [2.05, 4.69) is 10.1 Å². The topological polar surface area (TPSA) is 55.4 Å². The highest BCUT2D eigenvalue weighted by atomic mass is 19.4. The molecule has 1 saturated carbocycles. The molecule has 0 aromatic heterocycles. The second-order valence-corrected chi connectivity index (χ2v) is 5.97. The van der Waals surface area contributed by atoms with Crippen molar-refractivity contribution in [3.05, 3.63) is 29.8 Å². The summed E-state index contributed by atoms with van der Waals surface area (Å²) in [6, 6.07) is 4.27. The average Bonchev–Trinajstić information content (AvgIpc) is 3.27. The first-order chi connectivity index (χ1) is 11.5. The summed E-state index contributed by atoms with van der Waals surface area (Å²) in [4.78, 5) is 23.7. The van der Waals surface area contributed by atoms with Crippen LogP contribution in [0.2, 0.25) is 0 Å². The summed E-state index contributed by atoms with van der Waals surface area (Å²) >= 11 is 0. The minimum absolute atomic E-state index is 0.0587. The summed E-state index contributed by atoms with van der Waals surface area (Å²) in [5, 5.41) is 2.41. The van der Waals surface area contributed by atoms with Crippen LogP contribution in [0.5, 0.6) is 5.75 Å². The van der Waals surface area contributed by atoms with Crippen LogP contribution >= 0.6 is 0 Å². The van der Waals surface area contributed by atoms with Gasteiger partial charge in [-0.25, -0.2) is 8.78 Å². The van der Waals surface area contributed by atoms with Gasteiger partial charge in [0, 0.05) is 0 Å². The molecule has 0 aliphatic heterocycles. The number of amides is 1. The molecule has 138 valence electrons. The lowest BCUT2D eigenvalue weighted by atomic mass is 9.98. The van der Waals surface area contributed by atoms with E-state index < -0.39 is 48.1 Å². The number of ether oxygens (including phenoxy) is 1. The molecule has 25 heavy (non-hydrogen) atoms. The largest absolute Gasteiger partial charge is 0.573 e. The molecule has 1 fully saturated rings. The smallest absolute Gasteiger partial charge is 0.406 e. The van der Waals surface area contributed by atoms with Gasteiger partial charge in [-0.05, 0) is 37.5 Å². The van der Waals surface area contributed by atoms with Crippen molar-refractivity contribution in [1.29, 1.82) is 0 Å². The zero-order valence-electron chi connectivity index (χ0n) is 13.2. The van der Waals surface area contributed by atoms with Crippen molar-refractivity contribution < 1.29 is 36.3 Å². The number of hydrogen-bond donors (Lipinski definition) is 1.